The predicted molar refractivity (Wildman–Crippen MR) is 86.9 cm³/mol. The van der Waals surface area contributed by atoms with Crippen LogP contribution in [0.25, 0.3) is 0 Å². The molecule has 1 atom stereocenters. The molecule has 1 heterocycles. The van der Waals surface area contributed by atoms with Crippen molar-refractivity contribution in [3.63, 3.8) is 0 Å². The van der Waals surface area contributed by atoms with Crippen LogP contribution in [0.4, 0.5) is 0 Å². The molecule has 0 bridgehead atoms. The van der Waals surface area contributed by atoms with Crippen molar-refractivity contribution in [2.45, 2.75) is 44.1 Å². The largest absolute Gasteiger partial charge is 0.377 e. The maximum absolute atomic E-state index is 12.8. The smallest absolute Gasteiger partial charge is 0.244 e. The second kappa shape index (κ2) is 7.22. The van der Waals surface area contributed by atoms with Gasteiger partial charge >= 0.3 is 0 Å². The van der Waals surface area contributed by atoms with E-state index in [4.69, 9.17) is 4.74 Å². The summed E-state index contributed by atoms with van der Waals surface area (Å²) in [6, 6.07) is 5.33. The zero-order valence-corrected chi connectivity index (χ0v) is 14.9. The molecule has 2 rings (SSSR count). The maximum atomic E-state index is 12.8. The van der Waals surface area contributed by atoms with E-state index in [1.54, 1.807) is 10.4 Å². The summed E-state index contributed by atoms with van der Waals surface area (Å²) < 4.78 is 33.5. The summed E-state index contributed by atoms with van der Waals surface area (Å²) in [4.78, 5) is 0.337. The van der Waals surface area contributed by atoms with Crippen LogP contribution in [0.1, 0.15) is 31.7 Å². The number of rotatable bonds is 5. The molecule has 1 aromatic rings. The second-order valence-corrected chi connectivity index (χ2v) is 8.19. The number of sulfonamides is 1. The highest BCUT2D eigenvalue weighted by molar-refractivity contribution is 9.10. The lowest BCUT2D eigenvalue weighted by Gasteiger charge is -2.32. The summed E-state index contributed by atoms with van der Waals surface area (Å²) in [5, 5.41) is 0. The van der Waals surface area contributed by atoms with Crippen LogP contribution in [0.3, 0.4) is 0 Å². The first-order chi connectivity index (χ1) is 9.95. The molecule has 0 aromatic heterocycles. The van der Waals surface area contributed by atoms with Gasteiger partial charge in [-0.05, 0) is 59.8 Å². The highest BCUT2D eigenvalue weighted by Crippen LogP contribution is 2.28. The molecule has 4 nitrogen and oxygen atoms in total. The summed E-state index contributed by atoms with van der Waals surface area (Å²) in [5.74, 6) is 0. The van der Waals surface area contributed by atoms with Crippen LogP contribution in [0, 0.1) is 6.92 Å². The third-order valence-electron chi connectivity index (χ3n) is 3.60. The van der Waals surface area contributed by atoms with Gasteiger partial charge in [0.2, 0.25) is 10.0 Å². The van der Waals surface area contributed by atoms with E-state index in [0.29, 0.717) is 29.1 Å². The highest BCUT2D eigenvalue weighted by atomic mass is 79.9. The number of hydrogen-bond donors (Lipinski definition) is 0. The SMILES string of the molecule is CCCOC1CCCN(S(=O)(=O)c2ccc(C)cc2Br)C1. The zero-order valence-electron chi connectivity index (χ0n) is 12.5. The van der Waals surface area contributed by atoms with Gasteiger partial charge in [-0.25, -0.2) is 8.42 Å². The Morgan fingerprint density at radius 3 is 2.86 bits per heavy atom. The second-order valence-electron chi connectivity index (χ2n) is 5.43. The maximum Gasteiger partial charge on any atom is 0.244 e. The summed E-state index contributed by atoms with van der Waals surface area (Å²) in [5.41, 5.74) is 1.03. The van der Waals surface area contributed by atoms with Crippen LogP contribution in [0.15, 0.2) is 27.6 Å². The van der Waals surface area contributed by atoms with Gasteiger partial charge in [0.15, 0.2) is 0 Å². The van der Waals surface area contributed by atoms with E-state index < -0.39 is 10.0 Å². The average molecular weight is 376 g/mol. The normalized spacial score (nSPS) is 20.6. The molecular weight excluding hydrogens is 354 g/mol. The van der Waals surface area contributed by atoms with E-state index in [1.165, 1.54) is 0 Å². The fourth-order valence-electron chi connectivity index (χ4n) is 2.50. The van der Waals surface area contributed by atoms with E-state index in [0.717, 1.165) is 24.8 Å². The number of piperidine rings is 1. The Hall–Kier alpha value is -0.430. The Labute approximate surface area is 135 Å². The van der Waals surface area contributed by atoms with Crippen LogP contribution < -0.4 is 0 Å². The monoisotopic (exact) mass is 375 g/mol. The Bertz CT molecular complexity index is 589. The Morgan fingerprint density at radius 1 is 1.43 bits per heavy atom. The van der Waals surface area contributed by atoms with Gasteiger partial charge in [0.05, 0.1) is 11.0 Å². The van der Waals surface area contributed by atoms with Crippen molar-refractivity contribution < 1.29 is 13.2 Å². The van der Waals surface area contributed by atoms with Gasteiger partial charge in [-0.15, -0.1) is 0 Å². The topological polar surface area (TPSA) is 46.6 Å². The van der Waals surface area contributed by atoms with E-state index >= 15 is 0 Å². The van der Waals surface area contributed by atoms with Crippen LogP contribution in [-0.4, -0.2) is 38.5 Å². The van der Waals surface area contributed by atoms with Crippen LogP contribution >= 0.6 is 15.9 Å². The summed E-state index contributed by atoms with van der Waals surface area (Å²) in [7, 11) is -3.46. The van der Waals surface area contributed by atoms with E-state index in [-0.39, 0.29) is 6.10 Å². The Balaban J connectivity index is 2.18. The van der Waals surface area contributed by atoms with Crippen molar-refractivity contribution in [2.24, 2.45) is 0 Å². The van der Waals surface area contributed by atoms with Crippen molar-refractivity contribution in [1.29, 1.82) is 0 Å². The molecular formula is C15H22BrNO3S. The lowest BCUT2D eigenvalue weighted by molar-refractivity contribution is 0.0193. The molecule has 0 amide bonds. The fourth-order valence-corrected chi connectivity index (χ4v) is 5.16. The van der Waals surface area contributed by atoms with E-state index in [2.05, 4.69) is 22.9 Å². The van der Waals surface area contributed by atoms with Crippen LogP contribution in [0.5, 0.6) is 0 Å². The van der Waals surface area contributed by atoms with Gasteiger partial charge in [0, 0.05) is 24.2 Å². The Morgan fingerprint density at radius 2 is 2.19 bits per heavy atom. The number of aryl methyl sites for hydroxylation is 1. The standard InChI is InChI=1S/C15H22BrNO3S/c1-3-9-20-13-5-4-8-17(11-13)21(18,19)15-7-6-12(2)10-14(15)16/h6-7,10,13H,3-5,8-9,11H2,1-2H3. The highest BCUT2D eigenvalue weighted by Gasteiger charge is 2.31. The lowest BCUT2D eigenvalue weighted by Crippen LogP contribution is -2.43. The lowest BCUT2D eigenvalue weighted by atomic mass is 10.1. The molecule has 6 heteroatoms. The van der Waals surface area contributed by atoms with Crippen LogP contribution in [-0.2, 0) is 14.8 Å². The summed E-state index contributed by atoms with van der Waals surface area (Å²) in [6.07, 6.45) is 2.74. The number of hydrogen-bond acceptors (Lipinski definition) is 3. The number of benzene rings is 1. The molecule has 1 unspecified atom stereocenters. The molecule has 0 saturated carbocycles. The van der Waals surface area contributed by atoms with Crippen LogP contribution in [0.2, 0.25) is 0 Å². The number of nitrogens with zero attached hydrogens (tertiary/aromatic N) is 1. The first kappa shape index (κ1) is 16.9. The first-order valence-electron chi connectivity index (χ1n) is 7.33. The van der Waals surface area contributed by atoms with Gasteiger partial charge in [-0.2, -0.15) is 4.31 Å². The van der Waals surface area contributed by atoms with Gasteiger partial charge in [-0.3, -0.25) is 0 Å². The van der Waals surface area contributed by atoms with Gasteiger partial charge in [0.25, 0.3) is 0 Å². The van der Waals surface area contributed by atoms with E-state index in [9.17, 15) is 8.42 Å². The summed E-state index contributed by atoms with van der Waals surface area (Å²) in [6.45, 7) is 5.70. The minimum absolute atomic E-state index is 0.0118. The third kappa shape index (κ3) is 4.06. The molecule has 0 spiro atoms. The van der Waals surface area contributed by atoms with Gasteiger partial charge in [0.1, 0.15) is 0 Å². The zero-order chi connectivity index (χ0) is 15.5. The summed E-state index contributed by atoms with van der Waals surface area (Å²) >= 11 is 3.37. The fraction of sp³-hybridized carbons (Fsp3) is 0.600. The molecule has 21 heavy (non-hydrogen) atoms. The molecule has 1 fully saturated rings. The van der Waals surface area contributed by atoms with Crippen molar-refractivity contribution in [1.82, 2.24) is 4.31 Å². The first-order valence-corrected chi connectivity index (χ1v) is 9.56. The molecule has 1 aromatic carbocycles. The minimum Gasteiger partial charge on any atom is -0.377 e. The quantitative estimate of drug-likeness (QED) is 0.792. The predicted octanol–water partition coefficient (Wildman–Crippen LogP) is 3.34. The molecule has 0 radical (unpaired) electrons. The Kier molecular flexibility index (Phi) is 5.82. The molecule has 0 N–H and O–H groups in total. The number of ether oxygens (including phenoxy) is 1. The molecule has 1 aliphatic rings. The molecule has 1 aliphatic heterocycles. The molecule has 1 saturated heterocycles. The van der Waals surface area contributed by atoms with Crippen molar-refractivity contribution in [3.8, 4) is 0 Å². The number of halogens is 1. The van der Waals surface area contributed by atoms with E-state index in [1.807, 2.05) is 19.1 Å². The molecule has 118 valence electrons. The van der Waals surface area contributed by atoms with Gasteiger partial charge < -0.3 is 4.74 Å². The minimum atomic E-state index is -3.46. The van der Waals surface area contributed by atoms with Crippen molar-refractivity contribution in [2.75, 3.05) is 19.7 Å². The average Bonchev–Trinajstić information content (AvgIpc) is 2.45. The van der Waals surface area contributed by atoms with Crippen molar-refractivity contribution >= 4 is 26.0 Å². The third-order valence-corrected chi connectivity index (χ3v) is 6.45. The van der Waals surface area contributed by atoms with Gasteiger partial charge in [-0.1, -0.05) is 13.0 Å². The molecule has 0 aliphatic carbocycles. The van der Waals surface area contributed by atoms with Crippen molar-refractivity contribution in [3.05, 3.63) is 28.2 Å².